The number of carbonyl (C=O) groups excluding carboxylic acids is 1. The summed E-state index contributed by atoms with van der Waals surface area (Å²) in [6, 6.07) is 3.77. The molecule has 1 saturated heterocycles. The third-order valence-electron chi connectivity index (χ3n) is 3.23. The quantitative estimate of drug-likeness (QED) is 0.761. The molecule has 100 valence electrons. The van der Waals surface area contributed by atoms with E-state index >= 15 is 0 Å². The Hall–Kier alpha value is -2.15. The molecule has 1 amide bonds. The van der Waals surface area contributed by atoms with Crippen LogP contribution >= 0.6 is 0 Å². The molecular weight excluding hydrogens is 244 g/mol. The number of nitrogens with zero attached hydrogens (tertiary/aromatic N) is 3. The van der Waals surface area contributed by atoms with Gasteiger partial charge in [0.25, 0.3) is 5.91 Å². The van der Waals surface area contributed by atoms with E-state index in [2.05, 4.69) is 25.9 Å². The summed E-state index contributed by atoms with van der Waals surface area (Å²) in [6.07, 6.45) is 5.68. The first-order chi connectivity index (χ1) is 9.33. The van der Waals surface area contributed by atoms with Gasteiger partial charge in [-0.05, 0) is 25.5 Å². The van der Waals surface area contributed by atoms with E-state index in [1.54, 1.807) is 18.3 Å². The van der Waals surface area contributed by atoms with Crippen molar-refractivity contribution in [3.63, 3.8) is 0 Å². The van der Waals surface area contributed by atoms with E-state index in [0.29, 0.717) is 17.6 Å². The third kappa shape index (κ3) is 2.65. The Morgan fingerprint density at radius 3 is 3.16 bits per heavy atom. The monoisotopic (exact) mass is 260 g/mol. The van der Waals surface area contributed by atoms with E-state index in [1.165, 1.54) is 0 Å². The fourth-order valence-electron chi connectivity index (χ4n) is 2.23. The van der Waals surface area contributed by atoms with Gasteiger partial charge in [-0.2, -0.15) is 10.2 Å². The molecule has 1 fully saturated rings. The molecule has 0 aromatic carbocycles. The fraction of sp³-hybridized carbons (Fsp3) is 0.417. The Kier molecular flexibility index (Phi) is 3.28. The summed E-state index contributed by atoms with van der Waals surface area (Å²) in [5.41, 5.74) is 0.417. The Labute approximate surface area is 110 Å². The zero-order valence-electron chi connectivity index (χ0n) is 10.5. The third-order valence-corrected chi connectivity index (χ3v) is 3.23. The topological polar surface area (TPSA) is 87.6 Å². The molecule has 0 bridgehead atoms. The number of H-pyrrole nitrogens is 1. The van der Waals surface area contributed by atoms with Crippen molar-refractivity contribution in [2.24, 2.45) is 0 Å². The first-order valence-electron chi connectivity index (χ1n) is 6.39. The lowest BCUT2D eigenvalue weighted by Crippen LogP contribution is -2.32. The molecular formula is C12H16N6O. The Bertz CT molecular complexity index is 540. The molecule has 7 heteroatoms. The van der Waals surface area contributed by atoms with Crippen LogP contribution in [0.15, 0.2) is 24.5 Å². The van der Waals surface area contributed by atoms with Crippen LogP contribution in [-0.4, -0.2) is 39.0 Å². The van der Waals surface area contributed by atoms with Gasteiger partial charge in [-0.15, -0.1) is 0 Å². The van der Waals surface area contributed by atoms with E-state index < -0.39 is 0 Å². The van der Waals surface area contributed by atoms with Crippen LogP contribution in [0.25, 0.3) is 0 Å². The van der Waals surface area contributed by atoms with Crippen LogP contribution in [0.2, 0.25) is 0 Å². The summed E-state index contributed by atoms with van der Waals surface area (Å²) in [5.74, 6) is 0.339. The molecule has 2 aromatic heterocycles. The number of aromatic nitrogens is 4. The molecule has 1 atom stereocenters. The number of aromatic amines is 1. The molecule has 0 aliphatic carbocycles. The summed E-state index contributed by atoms with van der Waals surface area (Å²) >= 11 is 0. The van der Waals surface area contributed by atoms with Gasteiger partial charge >= 0.3 is 0 Å². The van der Waals surface area contributed by atoms with E-state index in [4.69, 9.17) is 0 Å². The van der Waals surface area contributed by atoms with Gasteiger partial charge in [0.15, 0.2) is 5.69 Å². The standard InChI is InChI=1S/C12H16N6O/c19-12(15-11-3-6-14-16-11)10-4-7-18(17-10)9-2-1-5-13-8-9/h3-4,6-7,9,13H,1-2,5,8H2,(H2,14,15,16,19). The summed E-state index contributed by atoms with van der Waals surface area (Å²) in [7, 11) is 0. The average molecular weight is 260 g/mol. The molecule has 0 spiro atoms. The molecule has 2 aromatic rings. The number of rotatable bonds is 3. The molecule has 3 heterocycles. The normalized spacial score (nSPS) is 19.3. The fourth-order valence-corrected chi connectivity index (χ4v) is 2.23. The number of hydrogen-bond acceptors (Lipinski definition) is 4. The lowest BCUT2D eigenvalue weighted by molar-refractivity contribution is 0.102. The van der Waals surface area contributed by atoms with Crippen molar-refractivity contribution in [1.29, 1.82) is 0 Å². The van der Waals surface area contributed by atoms with E-state index in [-0.39, 0.29) is 5.91 Å². The molecule has 1 aliphatic rings. The van der Waals surface area contributed by atoms with Crippen molar-refractivity contribution in [1.82, 2.24) is 25.3 Å². The molecule has 0 saturated carbocycles. The number of carbonyl (C=O) groups is 1. The van der Waals surface area contributed by atoms with E-state index in [9.17, 15) is 4.79 Å². The number of anilines is 1. The predicted octanol–water partition coefficient (Wildman–Crippen LogP) is 0.783. The summed E-state index contributed by atoms with van der Waals surface area (Å²) in [5, 5.41) is 16.8. The maximum atomic E-state index is 12.0. The highest BCUT2D eigenvalue weighted by Crippen LogP contribution is 2.16. The first kappa shape index (κ1) is 11.9. The van der Waals surface area contributed by atoms with Crippen LogP contribution in [0.5, 0.6) is 0 Å². The second-order valence-electron chi connectivity index (χ2n) is 4.61. The minimum Gasteiger partial charge on any atom is -0.315 e. The van der Waals surface area contributed by atoms with Gasteiger partial charge in [0.1, 0.15) is 5.82 Å². The summed E-state index contributed by atoms with van der Waals surface area (Å²) in [6.45, 7) is 1.97. The summed E-state index contributed by atoms with van der Waals surface area (Å²) in [4.78, 5) is 12.0. The zero-order chi connectivity index (χ0) is 13.1. The zero-order valence-corrected chi connectivity index (χ0v) is 10.5. The lowest BCUT2D eigenvalue weighted by atomic mass is 10.1. The van der Waals surface area contributed by atoms with Crippen molar-refractivity contribution in [2.45, 2.75) is 18.9 Å². The van der Waals surface area contributed by atoms with Crippen molar-refractivity contribution >= 4 is 11.7 Å². The number of nitrogens with one attached hydrogen (secondary N) is 3. The summed E-state index contributed by atoms with van der Waals surface area (Å²) < 4.78 is 1.87. The van der Waals surface area contributed by atoms with Crippen LogP contribution in [0, 0.1) is 0 Å². The number of amides is 1. The van der Waals surface area contributed by atoms with Crippen LogP contribution in [-0.2, 0) is 0 Å². The minimum absolute atomic E-state index is 0.230. The van der Waals surface area contributed by atoms with Crippen molar-refractivity contribution in [3.05, 3.63) is 30.2 Å². The Balaban J connectivity index is 1.68. The van der Waals surface area contributed by atoms with Gasteiger partial charge in [-0.25, -0.2) is 0 Å². The van der Waals surface area contributed by atoms with Crippen LogP contribution in [0.1, 0.15) is 29.4 Å². The highest BCUT2D eigenvalue weighted by atomic mass is 16.2. The average Bonchev–Trinajstić information content (AvgIpc) is 3.10. The largest absolute Gasteiger partial charge is 0.315 e. The second-order valence-corrected chi connectivity index (χ2v) is 4.61. The number of piperidine rings is 1. The molecule has 3 N–H and O–H groups in total. The molecule has 7 nitrogen and oxygen atoms in total. The molecule has 0 radical (unpaired) electrons. The van der Waals surface area contributed by atoms with E-state index in [1.807, 2.05) is 10.9 Å². The minimum atomic E-state index is -0.230. The molecule has 1 unspecified atom stereocenters. The van der Waals surface area contributed by atoms with Crippen LogP contribution < -0.4 is 10.6 Å². The maximum Gasteiger partial charge on any atom is 0.277 e. The van der Waals surface area contributed by atoms with Crippen LogP contribution in [0.3, 0.4) is 0 Å². The molecule has 3 rings (SSSR count). The van der Waals surface area contributed by atoms with Gasteiger partial charge in [0, 0.05) is 18.8 Å². The van der Waals surface area contributed by atoms with Crippen LogP contribution in [0.4, 0.5) is 5.82 Å². The SMILES string of the molecule is O=C(Nc1ccn[nH]1)c1ccn(C2CCCNC2)n1. The maximum absolute atomic E-state index is 12.0. The Morgan fingerprint density at radius 1 is 1.47 bits per heavy atom. The molecule has 1 aliphatic heterocycles. The van der Waals surface area contributed by atoms with Gasteiger partial charge in [0.2, 0.25) is 0 Å². The lowest BCUT2D eigenvalue weighted by Gasteiger charge is -2.22. The predicted molar refractivity (Wildman–Crippen MR) is 69.9 cm³/mol. The van der Waals surface area contributed by atoms with Gasteiger partial charge in [-0.1, -0.05) is 0 Å². The highest BCUT2D eigenvalue weighted by molar-refractivity contribution is 6.02. The molecule has 19 heavy (non-hydrogen) atoms. The van der Waals surface area contributed by atoms with Gasteiger partial charge in [0.05, 0.1) is 12.2 Å². The first-order valence-corrected chi connectivity index (χ1v) is 6.39. The highest BCUT2D eigenvalue weighted by Gasteiger charge is 2.17. The smallest absolute Gasteiger partial charge is 0.277 e. The second kappa shape index (κ2) is 5.23. The van der Waals surface area contributed by atoms with Crippen molar-refractivity contribution < 1.29 is 4.79 Å². The Morgan fingerprint density at radius 2 is 2.42 bits per heavy atom. The van der Waals surface area contributed by atoms with Crippen molar-refractivity contribution in [3.8, 4) is 0 Å². The number of hydrogen-bond donors (Lipinski definition) is 3. The van der Waals surface area contributed by atoms with Crippen molar-refractivity contribution in [2.75, 3.05) is 18.4 Å². The van der Waals surface area contributed by atoms with Gasteiger partial charge in [-0.3, -0.25) is 14.6 Å². The van der Waals surface area contributed by atoms with Gasteiger partial charge < -0.3 is 10.6 Å². The van der Waals surface area contributed by atoms with E-state index in [0.717, 1.165) is 25.9 Å².